The van der Waals surface area contributed by atoms with Crippen molar-refractivity contribution in [3.05, 3.63) is 102 Å². The zero-order valence-electron chi connectivity index (χ0n) is 20.8. The summed E-state index contributed by atoms with van der Waals surface area (Å²) in [5, 5.41) is 0. The van der Waals surface area contributed by atoms with Gasteiger partial charge in [-0.25, -0.2) is 8.78 Å². The van der Waals surface area contributed by atoms with Gasteiger partial charge in [0, 0.05) is 37.3 Å². The second-order valence-electron chi connectivity index (χ2n) is 9.94. The van der Waals surface area contributed by atoms with Gasteiger partial charge < -0.3 is 14.7 Å². The number of hydrogen-bond acceptors (Lipinski definition) is 4. The van der Waals surface area contributed by atoms with Gasteiger partial charge in [-0.3, -0.25) is 9.59 Å². The van der Waals surface area contributed by atoms with Crippen LogP contribution < -0.4 is 4.90 Å². The van der Waals surface area contributed by atoms with Crippen molar-refractivity contribution < 1.29 is 18.4 Å². The Hall–Kier alpha value is -3.58. The molecular formula is C30H31F2N3O2. The average molecular weight is 503 g/mol. The first kappa shape index (κ1) is 25.1. The molecule has 0 unspecified atom stereocenters. The van der Waals surface area contributed by atoms with E-state index in [1.54, 1.807) is 12.1 Å². The van der Waals surface area contributed by atoms with E-state index >= 15 is 0 Å². The summed E-state index contributed by atoms with van der Waals surface area (Å²) in [6.45, 7) is 3.25. The Balaban J connectivity index is 1.23. The maximum atomic E-state index is 13.8. The summed E-state index contributed by atoms with van der Waals surface area (Å²) < 4.78 is 26.5. The van der Waals surface area contributed by atoms with Crippen LogP contribution in [0, 0.1) is 11.6 Å². The fourth-order valence-electron chi connectivity index (χ4n) is 5.52. The lowest BCUT2D eigenvalue weighted by molar-refractivity contribution is -0.134. The summed E-state index contributed by atoms with van der Waals surface area (Å²) in [5.74, 6) is -0.496. The molecule has 7 heteroatoms. The van der Waals surface area contributed by atoms with Crippen molar-refractivity contribution in [2.75, 3.05) is 31.2 Å². The Morgan fingerprint density at radius 1 is 0.838 bits per heavy atom. The molecule has 5 rings (SSSR count). The molecule has 0 atom stereocenters. The maximum absolute atomic E-state index is 13.8. The number of ketones is 1. The molecule has 2 aliphatic heterocycles. The van der Waals surface area contributed by atoms with Gasteiger partial charge in [0.25, 0.3) is 0 Å². The number of benzene rings is 3. The lowest BCUT2D eigenvalue weighted by Crippen LogP contribution is -2.56. The van der Waals surface area contributed by atoms with Gasteiger partial charge in [0.15, 0.2) is 5.78 Å². The Labute approximate surface area is 216 Å². The van der Waals surface area contributed by atoms with Gasteiger partial charge in [-0.15, -0.1) is 0 Å². The minimum Gasteiger partial charge on any atom is -0.339 e. The standard InChI is InChI=1S/C30H31F2N3O2/c31-25-12-8-23(9-13-25)21-34-22-35(27-5-2-1-3-6-27)30(29(34)37)16-19-33(20-17-30)18-4-7-28(36)24-10-14-26(32)15-11-24/h1-3,5-6,8-15H,4,7,16-22H2/i31-1. The van der Waals surface area contributed by atoms with Crippen LogP contribution in [0.15, 0.2) is 78.9 Å². The van der Waals surface area contributed by atoms with Crippen LogP contribution in [-0.2, 0) is 11.3 Å². The Morgan fingerprint density at radius 3 is 2.11 bits per heavy atom. The number of para-hydroxylation sites is 1. The van der Waals surface area contributed by atoms with E-state index in [4.69, 9.17) is 0 Å². The number of anilines is 1. The van der Waals surface area contributed by atoms with E-state index in [0.717, 1.165) is 37.3 Å². The zero-order chi connectivity index (χ0) is 25.8. The van der Waals surface area contributed by atoms with E-state index in [0.29, 0.717) is 38.0 Å². The maximum Gasteiger partial charge on any atom is 0.250 e. The highest BCUT2D eigenvalue weighted by Gasteiger charge is 2.53. The third kappa shape index (κ3) is 5.42. The normalized spacial score (nSPS) is 17.5. The number of carbonyl (C=O) groups excluding carboxylic acids is 2. The predicted octanol–water partition coefficient (Wildman–Crippen LogP) is 5.27. The number of likely N-dealkylation sites (tertiary alicyclic amines) is 1. The van der Waals surface area contributed by atoms with Crippen molar-refractivity contribution in [1.29, 1.82) is 0 Å². The summed E-state index contributed by atoms with van der Waals surface area (Å²) in [5.41, 5.74) is 1.86. The van der Waals surface area contributed by atoms with Crippen molar-refractivity contribution in [3.63, 3.8) is 0 Å². The van der Waals surface area contributed by atoms with Crippen LogP contribution in [0.25, 0.3) is 0 Å². The lowest BCUT2D eigenvalue weighted by atomic mass is 9.85. The van der Waals surface area contributed by atoms with Gasteiger partial charge in [-0.2, -0.15) is 0 Å². The SMILES string of the molecule is O=C(CCCN1CCC2(CC1)C(=O)N(Cc1ccc([18F])cc1)CN2c1ccccc1)c1ccc(F)cc1. The van der Waals surface area contributed by atoms with Crippen LogP contribution >= 0.6 is 0 Å². The minimum absolute atomic E-state index is 0.0196. The highest BCUT2D eigenvalue weighted by atomic mass is 19.1. The first-order valence-electron chi connectivity index (χ1n) is 12.8. The number of carbonyl (C=O) groups is 2. The second kappa shape index (κ2) is 10.8. The van der Waals surface area contributed by atoms with Gasteiger partial charge in [-0.05, 0) is 79.9 Å². The summed E-state index contributed by atoms with van der Waals surface area (Å²) in [6, 6.07) is 22.1. The summed E-state index contributed by atoms with van der Waals surface area (Å²) in [4.78, 5) is 32.7. The van der Waals surface area contributed by atoms with Crippen LogP contribution in [0.3, 0.4) is 0 Å². The van der Waals surface area contributed by atoms with Gasteiger partial charge in [0.2, 0.25) is 5.91 Å². The van der Waals surface area contributed by atoms with Crippen LogP contribution in [0.1, 0.15) is 41.6 Å². The predicted molar refractivity (Wildman–Crippen MR) is 139 cm³/mol. The molecule has 3 aromatic rings. The number of Topliss-reactive ketones (excluding diaryl/α,β-unsaturated/α-hetero) is 1. The van der Waals surface area contributed by atoms with Gasteiger partial charge in [0.05, 0.1) is 6.67 Å². The van der Waals surface area contributed by atoms with Crippen LogP contribution in [-0.4, -0.2) is 53.3 Å². The van der Waals surface area contributed by atoms with E-state index in [9.17, 15) is 18.4 Å². The van der Waals surface area contributed by atoms with E-state index in [1.807, 2.05) is 35.2 Å². The number of hydrogen-bond donors (Lipinski definition) is 0. The molecule has 0 bridgehead atoms. The molecule has 2 heterocycles. The summed E-state index contributed by atoms with van der Waals surface area (Å²) in [6.07, 6.45) is 2.53. The smallest absolute Gasteiger partial charge is 0.250 e. The molecular weight excluding hydrogens is 471 g/mol. The molecule has 0 aromatic heterocycles. The second-order valence-corrected chi connectivity index (χ2v) is 9.94. The Bertz CT molecular complexity index is 1220. The van der Waals surface area contributed by atoms with Gasteiger partial charge >= 0.3 is 0 Å². The largest absolute Gasteiger partial charge is 0.339 e. The zero-order valence-corrected chi connectivity index (χ0v) is 20.8. The molecule has 3 aromatic carbocycles. The number of rotatable bonds is 8. The number of piperidine rings is 1. The molecule has 0 aliphatic carbocycles. The first-order chi connectivity index (χ1) is 17.9. The Kier molecular flexibility index (Phi) is 7.33. The quantitative estimate of drug-likeness (QED) is 0.394. The van der Waals surface area contributed by atoms with Crippen molar-refractivity contribution in [2.24, 2.45) is 0 Å². The van der Waals surface area contributed by atoms with Gasteiger partial charge in [0.1, 0.15) is 17.2 Å². The van der Waals surface area contributed by atoms with Crippen LogP contribution in [0.5, 0.6) is 0 Å². The number of nitrogens with zero attached hydrogens (tertiary/aromatic N) is 3. The van der Waals surface area contributed by atoms with Crippen molar-refractivity contribution >= 4 is 17.4 Å². The van der Waals surface area contributed by atoms with E-state index in [1.165, 1.54) is 36.4 Å². The van der Waals surface area contributed by atoms with E-state index in [-0.39, 0.29) is 23.3 Å². The third-order valence-corrected chi connectivity index (χ3v) is 7.60. The Morgan fingerprint density at radius 2 is 1.46 bits per heavy atom. The van der Waals surface area contributed by atoms with Crippen molar-refractivity contribution in [1.82, 2.24) is 9.80 Å². The molecule has 37 heavy (non-hydrogen) atoms. The molecule has 1 spiro atoms. The summed E-state index contributed by atoms with van der Waals surface area (Å²) >= 11 is 0. The van der Waals surface area contributed by atoms with Crippen LogP contribution in [0.4, 0.5) is 14.5 Å². The molecule has 5 nitrogen and oxygen atoms in total. The molecule has 0 radical (unpaired) electrons. The highest BCUT2D eigenvalue weighted by molar-refractivity contribution is 5.96. The molecule has 192 valence electrons. The minimum atomic E-state index is -0.609. The first-order valence-corrected chi connectivity index (χ1v) is 12.8. The number of amides is 1. The highest BCUT2D eigenvalue weighted by Crippen LogP contribution is 2.40. The molecule has 2 fully saturated rings. The molecule has 2 aliphatic rings. The molecule has 0 saturated carbocycles. The fourth-order valence-corrected chi connectivity index (χ4v) is 5.52. The molecule has 0 N–H and O–H groups in total. The lowest BCUT2D eigenvalue weighted by Gasteiger charge is -2.43. The fraction of sp³-hybridized carbons (Fsp3) is 0.333. The molecule has 2 saturated heterocycles. The van der Waals surface area contributed by atoms with Crippen LogP contribution in [0.2, 0.25) is 0 Å². The monoisotopic (exact) mass is 502 g/mol. The molecule has 1 amide bonds. The summed E-state index contributed by atoms with van der Waals surface area (Å²) in [7, 11) is 0. The average Bonchev–Trinajstić information content (AvgIpc) is 3.18. The third-order valence-electron chi connectivity index (χ3n) is 7.60. The number of halogens is 2. The van der Waals surface area contributed by atoms with Crippen molar-refractivity contribution in [3.8, 4) is 0 Å². The topological polar surface area (TPSA) is 43.9 Å². The van der Waals surface area contributed by atoms with E-state index in [2.05, 4.69) is 9.80 Å². The van der Waals surface area contributed by atoms with E-state index < -0.39 is 5.54 Å². The van der Waals surface area contributed by atoms with Gasteiger partial charge in [-0.1, -0.05) is 30.3 Å². The van der Waals surface area contributed by atoms with Crippen molar-refractivity contribution in [2.45, 2.75) is 37.8 Å².